The number of hydrogen-bond acceptors (Lipinski definition) is 4. The highest BCUT2D eigenvalue weighted by Crippen LogP contribution is 2.23. The van der Waals surface area contributed by atoms with E-state index in [-0.39, 0.29) is 24.1 Å². The van der Waals surface area contributed by atoms with Crippen LogP contribution in [0.25, 0.3) is 0 Å². The van der Waals surface area contributed by atoms with Crippen molar-refractivity contribution in [1.29, 1.82) is 0 Å². The Balaban J connectivity index is 1.74. The van der Waals surface area contributed by atoms with Gasteiger partial charge in [0.05, 0.1) is 26.2 Å². The fourth-order valence-corrected chi connectivity index (χ4v) is 3.15. The van der Waals surface area contributed by atoms with Crippen molar-refractivity contribution in [1.82, 2.24) is 4.90 Å². The lowest BCUT2D eigenvalue weighted by atomic mass is 10.2. The molecule has 1 aromatic rings. The molecule has 1 aliphatic heterocycles. The third-order valence-electron chi connectivity index (χ3n) is 4.13. The number of piperazine rings is 1. The van der Waals surface area contributed by atoms with Crippen molar-refractivity contribution in [2.24, 2.45) is 0 Å². The van der Waals surface area contributed by atoms with Gasteiger partial charge in [0.15, 0.2) is 6.54 Å². The maximum atomic E-state index is 12.1. The largest absolute Gasteiger partial charge is 0.573 e. The molecule has 1 saturated heterocycles. The fraction of sp³-hybridized carbons (Fsp3) is 0.529. The van der Waals surface area contributed by atoms with Crippen LogP contribution in [0.1, 0.15) is 6.42 Å². The summed E-state index contributed by atoms with van der Waals surface area (Å²) in [5, 5.41) is 2.66. The number of nitrogens with one attached hydrogen (secondary N) is 2. The molecule has 0 saturated carbocycles. The minimum Gasteiger partial charge on any atom is -0.406 e. The normalized spacial score (nSPS) is 15.5. The van der Waals surface area contributed by atoms with Gasteiger partial charge in [-0.15, -0.1) is 13.2 Å². The van der Waals surface area contributed by atoms with E-state index in [1.54, 1.807) is 11.8 Å². The first-order valence-electron chi connectivity index (χ1n) is 8.53. The Morgan fingerprint density at radius 2 is 1.85 bits per heavy atom. The number of amides is 2. The molecule has 0 radical (unpaired) electrons. The van der Waals surface area contributed by atoms with E-state index < -0.39 is 6.36 Å². The van der Waals surface area contributed by atoms with E-state index in [4.69, 9.17) is 0 Å². The predicted molar refractivity (Wildman–Crippen MR) is 96.9 cm³/mol. The van der Waals surface area contributed by atoms with Gasteiger partial charge in [-0.25, -0.2) is 0 Å². The van der Waals surface area contributed by atoms with Gasteiger partial charge in [-0.3, -0.25) is 9.59 Å². The highest BCUT2D eigenvalue weighted by Gasteiger charge is 2.31. The molecule has 1 fully saturated rings. The van der Waals surface area contributed by atoms with Crippen LogP contribution in [-0.2, 0) is 9.59 Å². The monoisotopic (exact) mass is 406 g/mol. The summed E-state index contributed by atoms with van der Waals surface area (Å²) in [5.74, 6) is 0.389. The van der Waals surface area contributed by atoms with Crippen LogP contribution in [0.15, 0.2) is 24.3 Å². The lowest BCUT2D eigenvalue weighted by molar-refractivity contribution is -0.895. The maximum Gasteiger partial charge on any atom is 0.573 e. The number of halogens is 3. The summed E-state index contributed by atoms with van der Waals surface area (Å²) >= 11 is 1.64. The average molecular weight is 406 g/mol. The van der Waals surface area contributed by atoms with E-state index in [1.165, 1.54) is 12.1 Å². The van der Waals surface area contributed by atoms with Crippen molar-refractivity contribution in [2.45, 2.75) is 12.8 Å². The Morgan fingerprint density at radius 1 is 1.22 bits per heavy atom. The second kappa shape index (κ2) is 9.84. The van der Waals surface area contributed by atoms with Crippen LogP contribution in [0, 0.1) is 0 Å². The first-order valence-corrected chi connectivity index (χ1v) is 9.92. The number of thioether (sulfide) groups is 1. The van der Waals surface area contributed by atoms with Gasteiger partial charge >= 0.3 is 6.36 Å². The van der Waals surface area contributed by atoms with Crippen molar-refractivity contribution in [3.63, 3.8) is 0 Å². The smallest absolute Gasteiger partial charge is 0.406 e. The van der Waals surface area contributed by atoms with Crippen LogP contribution in [0.5, 0.6) is 5.75 Å². The molecule has 150 valence electrons. The average Bonchev–Trinajstić information content (AvgIpc) is 2.60. The Morgan fingerprint density at radius 3 is 2.41 bits per heavy atom. The van der Waals surface area contributed by atoms with Crippen LogP contribution < -0.4 is 15.0 Å². The highest BCUT2D eigenvalue weighted by atomic mass is 32.2. The third-order valence-corrected chi connectivity index (χ3v) is 4.74. The number of carbonyl (C=O) groups excluding carboxylic acids is 2. The number of hydrogen-bond donors (Lipinski definition) is 2. The molecule has 2 N–H and O–H groups in total. The molecule has 1 heterocycles. The number of ether oxygens (including phenoxy) is 1. The van der Waals surface area contributed by atoms with E-state index in [9.17, 15) is 22.8 Å². The second-order valence-electron chi connectivity index (χ2n) is 6.17. The Labute approximate surface area is 160 Å². The molecule has 0 unspecified atom stereocenters. The van der Waals surface area contributed by atoms with Gasteiger partial charge in [0.2, 0.25) is 5.91 Å². The number of anilines is 1. The number of alkyl halides is 3. The van der Waals surface area contributed by atoms with E-state index in [1.807, 2.05) is 11.2 Å². The van der Waals surface area contributed by atoms with Crippen molar-refractivity contribution in [2.75, 3.05) is 50.0 Å². The van der Waals surface area contributed by atoms with Gasteiger partial charge < -0.3 is 19.9 Å². The van der Waals surface area contributed by atoms with Crippen LogP contribution in [0.4, 0.5) is 18.9 Å². The van der Waals surface area contributed by atoms with Gasteiger partial charge in [0.1, 0.15) is 5.75 Å². The van der Waals surface area contributed by atoms with Gasteiger partial charge in [0.25, 0.3) is 5.91 Å². The van der Waals surface area contributed by atoms with Crippen LogP contribution in [0.3, 0.4) is 0 Å². The topological polar surface area (TPSA) is 63.1 Å². The Hall–Kier alpha value is -1.94. The van der Waals surface area contributed by atoms with Gasteiger partial charge in [-0.2, -0.15) is 11.8 Å². The zero-order valence-corrected chi connectivity index (χ0v) is 15.8. The predicted octanol–water partition coefficient (Wildman–Crippen LogP) is 1.00. The lowest BCUT2D eigenvalue weighted by Crippen LogP contribution is -3.15. The molecule has 2 rings (SSSR count). The van der Waals surface area contributed by atoms with Crippen molar-refractivity contribution >= 4 is 29.3 Å². The first kappa shape index (κ1) is 21.4. The van der Waals surface area contributed by atoms with Gasteiger partial charge in [0, 0.05) is 17.9 Å². The summed E-state index contributed by atoms with van der Waals surface area (Å²) in [6, 6.07) is 5.01. The summed E-state index contributed by atoms with van der Waals surface area (Å²) in [5.41, 5.74) is 0.403. The summed E-state index contributed by atoms with van der Waals surface area (Å²) < 4.78 is 40.2. The molecule has 2 amide bonds. The summed E-state index contributed by atoms with van der Waals surface area (Å²) in [6.07, 6.45) is -2.25. The molecule has 0 bridgehead atoms. The molecular formula is C17H23F3N3O3S+. The summed E-state index contributed by atoms with van der Waals surface area (Å²) in [6.45, 7) is 2.87. The molecule has 1 aliphatic rings. The third kappa shape index (κ3) is 7.67. The SMILES string of the molecule is CSCCC(=O)N1CC[NH+](CC(=O)Nc2ccc(OC(F)(F)F)cc2)CC1. The quantitative estimate of drug-likeness (QED) is 0.710. The first-order chi connectivity index (χ1) is 12.8. The number of carbonyl (C=O) groups is 2. The molecule has 1 aromatic carbocycles. The summed E-state index contributed by atoms with van der Waals surface area (Å²) in [4.78, 5) is 27.0. The van der Waals surface area contributed by atoms with E-state index in [0.29, 0.717) is 38.3 Å². The standard InChI is InChI=1S/C17H22F3N3O3S/c1-27-11-6-16(25)23-9-7-22(8-10-23)12-15(24)21-13-2-4-14(5-3-13)26-17(18,19)20/h2-5H,6-12H2,1H3,(H,21,24)/p+1. The fourth-order valence-electron chi connectivity index (χ4n) is 2.77. The van der Waals surface area contributed by atoms with E-state index >= 15 is 0 Å². The second-order valence-corrected chi connectivity index (χ2v) is 7.16. The van der Waals surface area contributed by atoms with E-state index in [2.05, 4.69) is 10.1 Å². The number of quaternary nitrogens is 1. The van der Waals surface area contributed by atoms with Crippen LogP contribution in [-0.4, -0.2) is 67.8 Å². The van der Waals surface area contributed by atoms with Crippen molar-refractivity contribution in [3.05, 3.63) is 24.3 Å². The van der Waals surface area contributed by atoms with Crippen LogP contribution >= 0.6 is 11.8 Å². The number of benzene rings is 1. The minimum absolute atomic E-state index is 0.147. The van der Waals surface area contributed by atoms with E-state index in [0.717, 1.165) is 22.8 Å². The molecule has 0 atom stereocenters. The zero-order chi connectivity index (χ0) is 19.9. The van der Waals surface area contributed by atoms with Crippen LogP contribution in [0.2, 0.25) is 0 Å². The summed E-state index contributed by atoms with van der Waals surface area (Å²) in [7, 11) is 0. The lowest BCUT2D eigenvalue weighted by Gasteiger charge is -2.31. The van der Waals surface area contributed by atoms with Gasteiger partial charge in [-0.05, 0) is 30.5 Å². The molecular weight excluding hydrogens is 383 g/mol. The van der Waals surface area contributed by atoms with Gasteiger partial charge in [-0.1, -0.05) is 0 Å². The number of nitrogens with zero attached hydrogens (tertiary/aromatic N) is 1. The Kier molecular flexibility index (Phi) is 7.78. The molecule has 0 aliphatic carbocycles. The minimum atomic E-state index is -4.74. The molecule has 10 heteroatoms. The maximum absolute atomic E-state index is 12.1. The molecule has 0 aromatic heterocycles. The zero-order valence-electron chi connectivity index (χ0n) is 15.0. The van der Waals surface area contributed by atoms with Crippen molar-refractivity contribution in [3.8, 4) is 5.75 Å². The highest BCUT2D eigenvalue weighted by molar-refractivity contribution is 7.98. The molecule has 0 spiro atoms. The molecule has 6 nitrogen and oxygen atoms in total. The number of rotatable bonds is 7. The Bertz CT molecular complexity index is 633. The molecule has 27 heavy (non-hydrogen) atoms. The van der Waals surface area contributed by atoms with Crippen molar-refractivity contribution < 1.29 is 32.4 Å².